The van der Waals surface area contributed by atoms with Crippen LogP contribution in [-0.2, 0) is 10.5 Å². The zero-order valence-electron chi connectivity index (χ0n) is 11.2. The van der Waals surface area contributed by atoms with Crippen LogP contribution >= 0.6 is 11.8 Å². The molecule has 1 fully saturated rings. The molecular formula is C17H17NOS. The Labute approximate surface area is 123 Å². The first-order valence-corrected chi connectivity index (χ1v) is 7.87. The Morgan fingerprint density at radius 1 is 1.05 bits per heavy atom. The summed E-state index contributed by atoms with van der Waals surface area (Å²) in [5, 5.41) is 2.96. The van der Waals surface area contributed by atoms with Crippen LogP contribution in [-0.4, -0.2) is 5.91 Å². The molecule has 0 saturated heterocycles. The van der Waals surface area contributed by atoms with Gasteiger partial charge in [0.2, 0.25) is 5.91 Å². The summed E-state index contributed by atoms with van der Waals surface area (Å²) in [5.74, 6) is 1.36. The molecule has 2 aromatic rings. The lowest BCUT2D eigenvalue weighted by molar-refractivity contribution is -0.117. The fourth-order valence-corrected chi connectivity index (χ4v) is 2.83. The molecule has 1 aliphatic rings. The highest BCUT2D eigenvalue weighted by Crippen LogP contribution is 2.30. The van der Waals surface area contributed by atoms with Crippen LogP contribution in [0.1, 0.15) is 18.4 Å². The molecule has 2 nitrogen and oxygen atoms in total. The second kappa shape index (κ2) is 6.14. The van der Waals surface area contributed by atoms with Gasteiger partial charge in [0, 0.05) is 22.3 Å². The SMILES string of the molecule is O=C(Nc1ccc(CSc2ccccc2)cc1)C1CC1. The minimum atomic E-state index is 0.163. The van der Waals surface area contributed by atoms with Crippen molar-refractivity contribution in [3.05, 3.63) is 60.2 Å². The largest absolute Gasteiger partial charge is 0.326 e. The molecule has 1 saturated carbocycles. The molecule has 20 heavy (non-hydrogen) atoms. The Morgan fingerprint density at radius 3 is 2.40 bits per heavy atom. The van der Waals surface area contributed by atoms with E-state index in [0.29, 0.717) is 0 Å². The van der Waals surface area contributed by atoms with Crippen LogP contribution in [0.15, 0.2) is 59.5 Å². The van der Waals surface area contributed by atoms with Gasteiger partial charge in [0.15, 0.2) is 0 Å². The summed E-state index contributed by atoms with van der Waals surface area (Å²) in [6.45, 7) is 0. The molecule has 0 bridgehead atoms. The minimum Gasteiger partial charge on any atom is -0.326 e. The van der Waals surface area contributed by atoms with Gasteiger partial charge in [-0.1, -0.05) is 30.3 Å². The van der Waals surface area contributed by atoms with Crippen molar-refractivity contribution in [2.75, 3.05) is 5.32 Å². The molecule has 0 aliphatic heterocycles. The first kappa shape index (κ1) is 13.3. The van der Waals surface area contributed by atoms with Crippen molar-refractivity contribution in [3.63, 3.8) is 0 Å². The van der Waals surface area contributed by atoms with Crippen molar-refractivity contribution >= 4 is 23.4 Å². The number of benzene rings is 2. The maximum atomic E-state index is 11.7. The van der Waals surface area contributed by atoms with E-state index in [2.05, 4.69) is 41.7 Å². The van der Waals surface area contributed by atoms with Crippen molar-refractivity contribution in [2.45, 2.75) is 23.5 Å². The molecule has 0 unspecified atom stereocenters. The van der Waals surface area contributed by atoms with E-state index in [-0.39, 0.29) is 11.8 Å². The molecule has 1 N–H and O–H groups in total. The van der Waals surface area contributed by atoms with Crippen LogP contribution in [0.2, 0.25) is 0 Å². The number of amides is 1. The Kier molecular flexibility index (Phi) is 4.07. The molecule has 0 radical (unpaired) electrons. The van der Waals surface area contributed by atoms with Gasteiger partial charge in [-0.25, -0.2) is 0 Å². The predicted octanol–water partition coefficient (Wildman–Crippen LogP) is 4.33. The van der Waals surface area contributed by atoms with E-state index in [4.69, 9.17) is 0 Å². The summed E-state index contributed by atoms with van der Waals surface area (Å²) in [6.07, 6.45) is 2.08. The number of carbonyl (C=O) groups excluding carboxylic acids is 1. The number of hydrogen-bond acceptors (Lipinski definition) is 2. The zero-order valence-corrected chi connectivity index (χ0v) is 12.0. The van der Waals surface area contributed by atoms with Gasteiger partial charge in [0.05, 0.1) is 0 Å². The van der Waals surface area contributed by atoms with Gasteiger partial charge in [-0.2, -0.15) is 0 Å². The molecule has 3 rings (SSSR count). The summed E-state index contributed by atoms with van der Waals surface area (Å²) in [7, 11) is 0. The standard InChI is InChI=1S/C17H17NOS/c19-17(14-8-9-14)18-15-10-6-13(7-11-15)12-20-16-4-2-1-3-5-16/h1-7,10-11,14H,8-9,12H2,(H,18,19). The summed E-state index contributed by atoms with van der Waals surface area (Å²) < 4.78 is 0. The Morgan fingerprint density at radius 2 is 1.75 bits per heavy atom. The molecule has 1 amide bonds. The van der Waals surface area contributed by atoms with Crippen LogP contribution < -0.4 is 5.32 Å². The smallest absolute Gasteiger partial charge is 0.227 e. The molecule has 0 spiro atoms. The van der Waals surface area contributed by atoms with Crippen molar-refractivity contribution in [2.24, 2.45) is 5.92 Å². The molecule has 0 heterocycles. The fraction of sp³-hybridized carbons (Fsp3) is 0.235. The maximum Gasteiger partial charge on any atom is 0.227 e. The number of carbonyl (C=O) groups is 1. The van der Waals surface area contributed by atoms with Crippen LogP contribution in [0, 0.1) is 5.92 Å². The average molecular weight is 283 g/mol. The average Bonchev–Trinajstić information content (AvgIpc) is 3.32. The lowest BCUT2D eigenvalue weighted by Crippen LogP contribution is -2.13. The van der Waals surface area contributed by atoms with Gasteiger partial charge < -0.3 is 5.32 Å². The third kappa shape index (κ3) is 3.64. The van der Waals surface area contributed by atoms with Gasteiger partial charge in [-0.15, -0.1) is 11.8 Å². The monoisotopic (exact) mass is 283 g/mol. The molecule has 102 valence electrons. The first-order valence-electron chi connectivity index (χ1n) is 6.89. The highest BCUT2D eigenvalue weighted by atomic mass is 32.2. The quantitative estimate of drug-likeness (QED) is 0.828. The number of thioether (sulfide) groups is 1. The van der Waals surface area contributed by atoms with Crippen LogP contribution in [0.3, 0.4) is 0 Å². The number of hydrogen-bond donors (Lipinski definition) is 1. The highest BCUT2D eigenvalue weighted by molar-refractivity contribution is 7.98. The number of rotatable bonds is 5. The van der Waals surface area contributed by atoms with Gasteiger partial charge in [-0.3, -0.25) is 4.79 Å². The summed E-state index contributed by atoms with van der Waals surface area (Å²) >= 11 is 1.82. The van der Waals surface area contributed by atoms with Gasteiger partial charge in [-0.05, 0) is 42.7 Å². The molecular weight excluding hydrogens is 266 g/mol. The normalized spacial score (nSPS) is 14.0. The topological polar surface area (TPSA) is 29.1 Å². The highest BCUT2D eigenvalue weighted by Gasteiger charge is 2.29. The predicted molar refractivity (Wildman–Crippen MR) is 83.8 cm³/mol. The third-order valence-corrected chi connectivity index (χ3v) is 4.40. The summed E-state index contributed by atoms with van der Waals surface area (Å²) in [5.41, 5.74) is 2.17. The summed E-state index contributed by atoms with van der Waals surface area (Å²) in [4.78, 5) is 12.9. The third-order valence-electron chi connectivity index (χ3n) is 3.32. The Balaban J connectivity index is 1.54. The summed E-state index contributed by atoms with van der Waals surface area (Å²) in [6, 6.07) is 18.5. The fourth-order valence-electron chi connectivity index (χ4n) is 1.96. The van der Waals surface area contributed by atoms with Crippen LogP contribution in [0.5, 0.6) is 0 Å². The maximum absolute atomic E-state index is 11.7. The molecule has 0 atom stereocenters. The van der Waals surface area contributed by atoms with E-state index in [1.54, 1.807) is 0 Å². The zero-order chi connectivity index (χ0) is 13.8. The second-order valence-electron chi connectivity index (χ2n) is 5.06. The van der Waals surface area contributed by atoms with E-state index in [0.717, 1.165) is 24.3 Å². The van der Waals surface area contributed by atoms with E-state index in [1.165, 1.54) is 10.5 Å². The van der Waals surface area contributed by atoms with Crippen molar-refractivity contribution in [3.8, 4) is 0 Å². The first-order chi connectivity index (χ1) is 9.81. The van der Waals surface area contributed by atoms with Gasteiger partial charge >= 0.3 is 0 Å². The van der Waals surface area contributed by atoms with Crippen molar-refractivity contribution in [1.29, 1.82) is 0 Å². The van der Waals surface area contributed by atoms with E-state index in [9.17, 15) is 4.79 Å². The molecule has 1 aliphatic carbocycles. The second-order valence-corrected chi connectivity index (χ2v) is 6.11. The molecule has 3 heteroatoms. The Hall–Kier alpha value is -1.74. The van der Waals surface area contributed by atoms with Gasteiger partial charge in [0.1, 0.15) is 0 Å². The number of nitrogens with one attached hydrogen (secondary N) is 1. The van der Waals surface area contributed by atoms with Crippen LogP contribution in [0.25, 0.3) is 0 Å². The minimum absolute atomic E-state index is 0.163. The lowest BCUT2D eigenvalue weighted by atomic mass is 10.2. The molecule has 0 aromatic heterocycles. The molecule has 2 aromatic carbocycles. The van der Waals surface area contributed by atoms with E-state index in [1.807, 2.05) is 30.0 Å². The van der Waals surface area contributed by atoms with E-state index < -0.39 is 0 Å². The van der Waals surface area contributed by atoms with Crippen molar-refractivity contribution in [1.82, 2.24) is 0 Å². The van der Waals surface area contributed by atoms with E-state index >= 15 is 0 Å². The van der Waals surface area contributed by atoms with Crippen molar-refractivity contribution < 1.29 is 4.79 Å². The Bertz CT molecular complexity index is 576. The van der Waals surface area contributed by atoms with Gasteiger partial charge in [0.25, 0.3) is 0 Å². The lowest BCUT2D eigenvalue weighted by Gasteiger charge is -2.06. The van der Waals surface area contributed by atoms with Crippen LogP contribution in [0.4, 0.5) is 5.69 Å². The number of anilines is 1.